The largest absolute Gasteiger partial charge is 0.465 e. The van der Waals surface area contributed by atoms with E-state index in [-0.39, 0.29) is 16.8 Å². The predicted molar refractivity (Wildman–Crippen MR) is 98.0 cm³/mol. The van der Waals surface area contributed by atoms with Crippen molar-refractivity contribution in [3.05, 3.63) is 81.8 Å². The van der Waals surface area contributed by atoms with Crippen LogP contribution in [0, 0.1) is 5.82 Å². The van der Waals surface area contributed by atoms with Gasteiger partial charge in [0.2, 0.25) is 0 Å². The molecule has 0 saturated heterocycles. The molecule has 2 aromatic carbocycles. The highest BCUT2D eigenvalue weighted by Gasteiger charge is 2.38. The molecule has 0 N–H and O–H groups in total. The standard InChI is InChI=1S/C20H15ClFNO3/c1-12-18(20(25)26-2)15(11-13-7-9-14(21)10-8-13)19(24)23(12)17-6-4-3-5-16(17)22/h3-11H,1-2H3/b15-11-. The van der Waals surface area contributed by atoms with Gasteiger partial charge in [0.1, 0.15) is 5.82 Å². The summed E-state index contributed by atoms with van der Waals surface area (Å²) in [4.78, 5) is 26.4. The second-order valence-electron chi connectivity index (χ2n) is 5.65. The van der Waals surface area contributed by atoms with Crippen LogP contribution in [0.25, 0.3) is 6.08 Å². The summed E-state index contributed by atoms with van der Waals surface area (Å²) in [5.74, 6) is -1.71. The lowest BCUT2D eigenvalue weighted by atomic mass is 10.0. The fourth-order valence-electron chi connectivity index (χ4n) is 2.83. The van der Waals surface area contributed by atoms with Gasteiger partial charge in [-0.3, -0.25) is 9.69 Å². The van der Waals surface area contributed by atoms with Gasteiger partial charge in [0.25, 0.3) is 5.91 Å². The quantitative estimate of drug-likeness (QED) is 0.595. The van der Waals surface area contributed by atoms with Crippen molar-refractivity contribution in [3.8, 4) is 0 Å². The highest BCUT2D eigenvalue weighted by molar-refractivity contribution is 6.30. The molecule has 0 aliphatic carbocycles. The molecular formula is C20H15ClFNO3. The van der Waals surface area contributed by atoms with Crippen LogP contribution in [-0.2, 0) is 14.3 Å². The molecule has 0 bridgehead atoms. The van der Waals surface area contributed by atoms with Gasteiger partial charge in [-0.05, 0) is 42.8 Å². The average Bonchev–Trinajstić information content (AvgIpc) is 2.87. The third-order valence-electron chi connectivity index (χ3n) is 4.06. The molecule has 0 atom stereocenters. The number of nitrogens with zero attached hydrogens (tertiary/aromatic N) is 1. The Balaban J connectivity index is 2.16. The third kappa shape index (κ3) is 3.13. The molecule has 3 rings (SSSR count). The van der Waals surface area contributed by atoms with E-state index in [1.165, 1.54) is 30.2 Å². The monoisotopic (exact) mass is 371 g/mol. The van der Waals surface area contributed by atoms with E-state index in [4.69, 9.17) is 16.3 Å². The van der Waals surface area contributed by atoms with E-state index in [2.05, 4.69) is 0 Å². The van der Waals surface area contributed by atoms with E-state index >= 15 is 0 Å². The first-order valence-corrected chi connectivity index (χ1v) is 8.17. The first-order chi connectivity index (χ1) is 12.4. The zero-order chi connectivity index (χ0) is 18.8. The van der Waals surface area contributed by atoms with E-state index in [0.29, 0.717) is 16.3 Å². The topological polar surface area (TPSA) is 46.6 Å². The fourth-order valence-corrected chi connectivity index (χ4v) is 2.95. The van der Waals surface area contributed by atoms with E-state index in [0.717, 1.165) is 0 Å². The number of allylic oxidation sites excluding steroid dienone is 1. The summed E-state index contributed by atoms with van der Waals surface area (Å²) in [6, 6.07) is 12.7. The van der Waals surface area contributed by atoms with Gasteiger partial charge in [-0.1, -0.05) is 35.9 Å². The van der Waals surface area contributed by atoms with Crippen LogP contribution in [0.1, 0.15) is 12.5 Å². The second kappa shape index (κ2) is 7.14. The van der Waals surface area contributed by atoms with Crippen molar-refractivity contribution in [2.24, 2.45) is 0 Å². The summed E-state index contributed by atoms with van der Waals surface area (Å²) in [5, 5.41) is 0.554. The SMILES string of the molecule is COC(=O)C1=C(C)N(c2ccccc2F)C(=O)/C1=C\c1ccc(Cl)cc1. The van der Waals surface area contributed by atoms with Gasteiger partial charge in [-0.2, -0.15) is 0 Å². The Morgan fingerprint density at radius 3 is 2.42 bits per heavy atom. The zero-order valence-electron chi connectivity index (χ0n) is 14.1. The molecule has 1 aliphatic heterocycles. The lowest BCUT2D eigenvalue weighted by molar-refractivity contribution is -0.136. The van der Waals surface area contributed by atoms with Crippen molar-refractivity contribution in [1.82, 2.24) is 0 Å². The third-order valence-corrected chi connectivity index (χ3v) is 4.32. The van der Waals surface area contributed by atoms with Crippen molar-refractivity contribution in [3.63, 3.8) is 0 Å². The van der Waals surface area contributed by atoms with Crippen LogP contribution >= 0.6 is 11.6 Å². The maximum atomic E-state index is 14.2. The molecule has 6 heteroatoms. The minimum atomic E-state index is -0.657. The Morgan fingerprint density at radius 1 is 1.15 bits per heavy atom. The van der Waals surface area contributed by atoms with E-state index in [1.54, 1.807) is 43.3 Å². The Labute approximate surface area is 155 Å². The highest BCUT2D eigenvalue weighted by Crippen LogP contribution is 2.36. The molecule has 132 valence electrons. The lowest BCUT2D eigenvalue weighted by Crippen LogP contribution is -2.25. The molecule has 1 heterocycles. The number of ether oxygens (including phenoxy) is 1. The maximum Gasteiger partial charge on any atom is 0.340 e. The number of hydrogen-bond acceptors (Lipinski definition) is 3. The van der Waals surface area contributed by atoms with Gasteiger partial charge >= 0.3 is 5.97 Å². The number of carbonyl (C=O) groups is 2. The predicted octanol–water partition coefficient (Wildman–Crippen LogP) is 4.36. The molecule has 0 radical (unpaired) electrons. The van der Waals surface area contributed by atoms with Gasteiger partial charge < -0.3 is 4.74 Å². The van der Waals surface area contributed by atoms with E-state index < -0.39 is 17.7 Å². The molecule has 1 amide bonds. The molecule has 26 heavy (non-hydrogen) atoms. The Hall–Kier alpha value is -2.92. The highest BCUT2D eigenvalue weighted by atomic mass is 35.5. The first kappa shape index (κ1) is 17.9. The van der Waals surface area contributed by atoms with E-state index in [1.807, 2.05) is 0 Å². The molecule has 4 nitrogen and oxygen atoms in total. The minimum Gasteiger partial charge on any atom is -0.465 e. The number of amides is 1. The van der Waals surface area contributed by atoms with Crippen LogP contribution in [-0.4, -0.2) is 19.0 Å². The maximum absolute atomic E-state index is 14.2. The lowest BCUT2D eigenvalue weighted by Gasteiger charge is -2.18. The molecule has 1 aliphatic rings. The summed E-state index contributed by atoms with van der Waals surface area (Å²) in [6.07, 6.45) is 1.56. The molecule has 0 fully saturated rings. The van der Waals surface area contributed by atoms with Gasteiger partial charge in [-0.15, -0.1) is 0 Å². The van der Waals surface area contributed by atoms with Crippen LogP contribution < -0.4 is 4.90 Å². The number of para-hydroxylation sites is 1. The van der Waals surface area contributed by atoms with Gasteiger partial charge in [0, 0.05) is 10.7 Å². The number of benzene rings is 2. The van der Waals surface area contributed by atoms with Crippen molar-refractivity contribution in [2.75, 3.05) is 12.0 Å². The van der Waals surface area contributed by atoms with Crippen LogP contribution in [0.2, 0.25) is 5.02 Å². The van der Waals surface area contributed by atoms with Crippen molar-refractivity contribution >= 4 is 35.2 Å². The summed E-state index contributed by atoms with van der Waals surface area (Å²) < 4.78 is 19.1. The summed E-state index contributed by atoms with van der Waals surface area (Å²) in [6.45, 7) is 1.58. The van der Waals surface area contributed by atoms with Gasteiger partial charge in [0.05, 0.1) is 23.9 Å². The second-order valence-corrected chi connectivity index (χ2v) is 6.09. The summed E-state index contributed by atoms with van der Waals surface area (Å²) in [5.41, 5.74) is 1.32. The molecule has 0 saturated carbocycles. The summed E-state index contributed by atoms with van der Waals surface area (Å²) in [7, 11) is 1.23. The molecule has 0 aromatic heterocycles. The Kier molecular flexibility index (Phi) is 4.91. The normalized spacial score (nSPS) is 15.8. The first-order valence-electron chi connectivity index (χ1n) is 7.80. The van der Waals surface area contributed by atoms with Crippen LogP contribution in [0.15, 0.2) is 65.4 Å². The van der Waals surface area contributed by atoms with Gasteiger partial charge in [0.15, 0.2) is 0 Å². The van der Waals surface area contributed by atoms with E-state index in [9.17, 15) is 14.0 Å². The number of carbonyl (C=O) groups excluding carboxylic acids is 2. The smallest absolute Gasteiger partial charge is 0.340 e. The number of rotatable bonds is 3. The van der Waals surface area contributed by atoms with Crippen LogP contribution in [0.5, 0.6) is 0 Å². The van der Waals surface area contributed by atoms with Crippen molar-refractivity contribution in [2.45, 2.75) is 6.92 Å². The van der Waals surface area contributed by atoms with Crippen molar-refractivity contribution < 1.29 is 18.7 Å². The zero-order valence-corrected chi connectivity index (χ0v) is 14.9. The molecule has 0 spiro atoms. The number of hydrogen-bond donors (Lipinski definition) is 0. The minimum absolute atomic E-state index is 0.0795. The molecule has 0 unspecified atom stereocenters. The Bertz CT molecular complexity index is 948. The van der Waals surface area contributed by atoms with Crippen LogP contribution in [0.4, 0.5) is 10.1 Å². The average molecular weight is 372 g/mol. The number of anilines is 1. The molecule has 2 aromatic rings. The summed E-state index contributed by atoms with van der Waals surface area (Å²) >= 11 is 5.88. The van der Waals surface area contributed by atoms with Crippen LogP contribution in [0.3, 0.4) is 0 Å². The number of methoxy groups -OCH3 is 1. The van der Waals surface area contributed by atoms with Crippen molar-refractivity contribution in [1.29, 1.82) is 0 Å². The Morgan fingerprint density at radius 2 is 1.81 bits per heavy atom. The molecular weight excluding hydrogens is 357 g/mol. The van der Waals surface area contributed by atoms with Gasteiger partial charge in [-0.25, -0.2) is 9.18 Å². The number of halogens is 2. The number of esters is 1. The fraction of sp³-hybridized carbons (Fsp3) is 0.100.